The van der Waals surface area contributed by atoms with E-state index in [0.29, 0.717) is 30.4 Å². The summed E-state index contributed by atoms with van der Waals surface area (Å²) in [5.74, 6) is -0.958. The summed E-state index contributed by atoms with van der Waals surface area (Å²) in [6.07, 6.45) is 6.69. The van der Waals surface area contributed by atoms with Gasteiger partial charge in [-0.1, -0.05) is 0 Å². The van der Waals surface area contributed by atoms with Crippen LogP contribution in [0.5, 0.6) is 0 Å². The average molecular weight is 388 g/mol. The predicted octanol–water partition coefficient (Wildman–Crippen LogP) is 4.74. The third-order valence-corrected chi connectivity index (χ3v) is 7.48. The molecule has 6 heteroatoms. The van der Waals surface area contributed by atoms with E-state index in [9.17, 15) is 14.7 Å². The Morgan fingerprint density at radius 1 is 1.12 bits per heavy atom. The fourth-order valence-electron chi connectivity index (χ4n) is 4.00. The zero-order chi connectivity index (χ0) is 18.3. The average Bonchev–Trinajstić information content (AvgIpc) is 3.31. The van der Waals surface area contributed by atoms with Gasteiger partial charge in [-0.25, -0.2) is 9.78 Å². The van der Waals surface area contributed by atoms with Crippen molar-refractivity contribution in [3.63, 3.8) is 0 Å². The van der Waals surface area contributed by atoms with Gasteiger partial charge in [0.2, 0.25) is 0 Å². The summed E-state index contributed by atoms with van der Waals surface area (Å²) in [4.78, 5) is 31.4. The lowest BCUT2D eigenvalue weighted by molar-refractivity contribution is -0.133. The van der Waals surface area contributed by atoms with E-state index < -0.39 is 5.97 Å². The Labute approximate surface area is 160 Å². The molecule has 2 aliphatic rings. The number of carbonyl (C=O) groups is 2. The number of fused-ring (bicyclic) bond motifs is 1. The topological polar surface area (TPSA) is 67.3 Å². The van der Waals surface area contributed by atoms with Crippen LogP contribution >= 0.6 is 22.7 Å². The molecular formula is C20H21NO3S2. The van der Waals surface area contributed by atoms with Gasteiger partial charge in [-0.2, -0.15) is 0 Å². The monoisotopic (exact) mass is 387 g/mol. The third-order valence-electron chi connectivity index (χ3n) is 5.21. The number of carboxylic acid groups (broad SMARTS) is 1. The zero-order valence-corrected chi connectivity index (χ0v) is 16.4. The number of ketones is 1. The van der Waals surface area contributed by atoms with E-state index in [-0.39, 0.29) is 5.78 Å². The molecule has 2 aromatic rings. The summed E-state index contributed by atoms with van der Waals surface area (Å²) >= 11 is 3.38. The first-order valence-electron chi connectivity index (χ1n) is 9.09. The number of aliphatic carboxylic acids is 1. The minimum atomic E-state index is -0.938. The van der Waals surface area contributed by atoms with Gasteiger partial charge in [0.15, 0.2) is 5.78 Å². The van der Waals surface area contributed by atoms with Crippen LogP contribution in [-0.4, -0.2) is 21.8 Å². The normalized spacial score (nSPS) is 16.8. The predicted molar refractivity (Wildman–Crippen MR) is 104 cm³/mol. The number of carbonyl (C=O) groups excluding carboxylic acids is 1. The number of thiophene rings is 1. The quantitative estimate of drug-likeness (QED) is 0.805. The van der Waals surface area contributed by atoms with E-state index >= 15 is 0 Å². The van der Waals surface area contributed by atoms with Gasteiger partial charge >= 0.3 is 5.97 Å². The Kier molecular flexibility index (Phi) is 4.80. The Balaban J connectivity index is 1.73. The second kappa shape index (κ2) is 7.08. The number of hydrogen-bond acceptors (Lipinski definition) is 5. The second-order valence-corrected chi connectivity index (χ2v) is 9.07. The Bertz CT molecular complexity index is 920. The molecule has 2 aromatic heterocycles. The van der Waals surface area contributed by atoms with Crippen LogP contribution in [0, 0.1) is 6.92 Å². The molecule has 0 saturated carbocycles. The molecule has 2 heterocycles. The van der Waals surface area contributed by atoms with E-state index in [1.165, 1.54) is 23.3 Å². The Hall–Kier alpha value is -1.79. The largest absolute Gasteiger partial charge is 0.478 e. The maximum atomic E-state index is 12.9. The summed E-state index contributed by atoms with van der Waals surface area (Å²) in [7, 11) is 0. The molecule has 0 amide bonds. The first-order chi connectivity index (χ1) is 12.5. The van der Waals surface area contributed by atoms with Crippen LogP contribution in [-0.2, 0) is 28.9 Å². The maximum absolute atomic E-state index is 12.9. The zero-order valence-electron chi connectivity index (χ0n) is 14.8. The smallest absolute Gasteiger partial charge is 0.331 e. The van der Waals surface area contributed by atoms with E-state index in [1.807, 2.05) is 6.92 Å². The highest BCUT2D eigenvalue weighted by Gasteiger charge is 2.29. The van der Waals surface area contributed by atoms with E-state index in [1.54, 1.807) is 22.7 Å². The van der Waals surface area contributed by atoms with Gasteiger partial charge in [0, 0.05) is 44.0 Å². The van der Waals surface area contributed by atoms with Crippen molar-refractivity contribution >= 4 is 34.4 Å². The van der Waals surface area contributed by atoms with Crippen molar-refractivity contribution < 1.29 is 14.7 Å². The molecule has 0 bridgehead atoms. The van der Waals surface area contributed by atoms with Gasteiger partial charge < -0.3 is 5.11 Å². The van der Waals surface area contributed by atoms with Crippen molar-refractivity contribution in [1.82, 2.24) is 4.98 Å². The standard InChI is InChI=1S/C20H21NO3S2/c1-11-10-25-19(21-11)18-14-5-2-3-8-16(14)26-17(18)9-15(22)12-6-4-7-13(12)20(23)24/h10H,2-9H2,1H3,(H,23,24). The second-order valence-electron chi connectivity index (χ2n) is 7.02. The van der Waals surface area contributed by atoms with Crippen molar-refractivity contribution in [3.8, 4) is 10.6 Å². The number of hydrogen-bond donors (Lipinski definition) is 1. The number of Topliss-reactive ketones (excluding diaryl/α,β-unsaturated/α-hetero) is 1. The molecule has 0 radical (unpaired) electrons. The molecule has 136 valence electrons. The molecule has 4 nitrogen and oxygen atoms in total. The SMILES string of the molecule is Cc1csc(-c2c(CC(=O)C3=C(C(=O)O)CCC3)sc3c2CCCC3)n1. The Morgan fingerprint density at radius 3 is 2.62 bits per heavy atom. The fourth-order valence-corrected chi connectivity index (χ4v) is 6.36. The van der Waals surface area contributed by atoms with Gasteiger partial charge in [0.25, 0.3) is 0 Å². The van der Waals surface area contributed by atoms with Gasteiger partial charge in [-0.05, 0) is 57.4 Å². The van der Waals surface area contributed by atoms with E-state index in [4.69, 9.17) is 0 Å². The molecule has 0 saturated heterocycles. The minimum Gasteiger partial charge on any atom is -0.478 e. The van der Waals surface area contributed by atoms with Gasteiger partial charge in [0.1, 0.15) is 5.01 Å². The number of rotatable bonds is 5. The lowest BCUT2D eigenvalue weighted by Gasteiger charge is -2.12. The van der Waals surface area contributed by atoms with E-state index in [2.05, 4.69) is 10.4 Å². The van der Waals surface area contributed by atoms with Gasteiger partial charge in [-0.15, -0.1) is 22.7 Å². The first kappa shape index (κ1) is 17.6. The van der Waals surface area contributed by atoms with Crippen molar-refractivity contribution in [3.05, 3.63) is 37.5 Å². The Morgan fingerprint density at radius 2 is 1.88 bits per heavy atom. The summed E-state index contributed by atoms with van der Waals surface area (Å²) < 4.78 is 0. The van der Waals surface area contributed by atoms with Crippen LogP contribution in [0.15, 0.2) is 16.5 Å². The lowest BCUT2D eigenvalue weighted by atomic mass is 9.93. The molecular weight excluding hydrogens is 366 g/mol. The van der Waals surface area contributed by atoms with Crippen LogP contribution in [0.1, 0.15) is 53.1 Å². The maximum Gasteiger partial charge on any atom is 0.331 e. The van der Waals surface area contributed by atoms with Crippen LogP contribution < -0.4 is 0 Å². The lowest BCUT2D eigenvalue weighted by Crippen LogP contribution is -2.10. The molecule has 0 fully saturated rings. The summed E-state index contributed by atoms with van der Waals surface area (Å²) in [5.41, 5.74) is 4.39. The molecule has 0 atom stereocenters. The van der Waals surface area contributed by atoms with Gasteiger partial charge in [0.05, 0.1) is 0 Å². The van der Waals surface area contributed by atoms with Crippen molar-refractivity contribution in [2.24, 2.45) is 0 Å². The number of thiazole rings is 1. The summed E-state index contributed by atoms with van der Waals surface area (Å²) in [6, 6.07) is 0. The minimum absolute atomic E-state index is 0.0203. The van der Waals surface area contributed by atoms with Crippen LogP contribution in [0.2, 0.25) is 0 Å². The van der Waals surface area contributed by atoms with Crippen LogP contribution in [0.25, 0.3) is 10.6 Å². The van der Waals surface area contributed by atoms with Crippen molar-refractivity contribution in [2.45, 2.75) is 58.3 Å². The molecule has 26 heavy (non-hydrogen) atoms. The molecule has 0 spiro atoms. The highest BCUT2D eigenvalue weighted by atomic mass is 32.1. The summed E-state index contributed by atoms with van der Waals surface area (Å²) in [6.45, 7) is 1.99. The number of allylic oxidation sites excluding steroid dienone is 1. The van der Waals surface area contributed by atoms with Crippen molar-refractivity contribution in [2.75, 3.05) is 0 Å². The third kappa shape index (κ3) is 3.16. The molecule has 4 rings (SSSR count). The number of nitrogens with zero attached hydrogens (tertiary/aromatic N) is 1. The highest BCUT2D eigenvalue weighted by molar-refractivity contribution is 7.15. The van der Waals surface area contributed by atoms with Gasteiger partial charge in [-0.3, -0.25) is 4.79 Å². The van der Waals surface area contributed by atoms with Crippen molar-refractivity contribution in [1.29, 1.82) is 0 Å². The van der Waals surface area contributed by atoms with Crippen LogP contribution in [0.4, 0.5) is 0 Å². The molecule has 0 aliphatic heterocycles. The fraction of sp³-hybridized carbons (Fsp3) is 0.450. The van der Waals surface area contributed by atoms with Crippen LogP contribution in [0.3, 0.4) is 0 Å². The summed E-state index contributed by atoms with van der Waals surface area (Å²) in [5, 5.41) is 12.4. The molecule has 1 N–H and O–H groups in total. The number of aryl methyl sites for hydroxylation is 2. The van der Waals surface area contributed by atoms with E-state index in [0.717, 1.165) is 40.4 Å². The number of carboxylic acids is 1. The number of aromatic nitrogens is 1. The first-order valence-corrected chi connectivity index (χ1v) is 10.8. The highest BCUT2D eigenvalue weighted by Crippen LogP contribution is 2.42. The molecule has 0 aromatic carbocycles. The molecule has 0 unspecified atom stereocenters. The molecule has 2 aliphatic carbocycles.